The third-order valence-electron chi connectivity index (χ3n) is 3.44. The van der Waals surface area contributed by atoms with E-state index in [1.807, 2.05) is 32.0 Å². The zero-order valence-electron chi connectivity index (χ0n) is 12.7. The molecule has 0 bridgehead atoms. The molecule has 3 N–H and O–H groups in total. The van der Waals surface area contributed by atoms with Crippen LogP contribution in [0.5, 0.6) is 0 Å². The molecular formula is C16H23N3O2. The molecule has 0 spiro atoms. The Kier molecular flexibility index (Phi) is 5.20. The first-order valence-corrected chi connectivity index (χ1v) is 7.52. The Morgan fingerprint density at radius 2 is 1.90 bits per heavy atom. The van der Waals surface area contributed by atoms with Gasteiger partial charge in [0.2, 0.25) is 5.91 Å². The second kappa shape index (κ2) is 7.11. The highest BCUT2D eigenvalue weighted by Crippen LogP contribution is 2.28. The molecule has 5 nitrogen and oxygen atoms in total. The smallest absolute Gasteiger partial charge is 0.253 e. The number of carbonyl (C=O) groups is 2. The molecule has 1 aromatic rings. The number of benzene rings is 1. The van der Waals surface area contributed by atoms with Crippen molar-refractivity contribution in [1.82, 2.24) is 10.6 Å². The van der Waals surface area contributed by atoms with Gasteiger partial charge in [-0.3, -0.25) is 9.59 Å². The van der Waals surface area contributed by atoms with Gasteiger partial charge < -0.3 is 16.0 Å². The highest BCUT2D eigenvalue weighted by atomic mass is 16.2. The summed E-state index contributed by atoms with van der Waals surface area (Å²) in [6.45, 7) is 5.64. The average Bonchev–Trinajstić information content (AvgIpc) is 3.30. The van der Waals surface area contributed by atoms with E-state index < -0.39 is 0 Å². The van der Waals surface area contributed by atoms with E-state index in [1.54, 1.807) is 0 Å². The van der Waals surface area contributed by atoms with Gasteiger partial charge in [0.15, 0.2) is 0 Å². The van der Waals surface area contributed by atoms with E-state index in [0.29, 0.717) is 18.7 Å². The van der Waals surface area contributed by atoms with Crippen LogP contribution in [0, 0.1) is 12.8 Å². The molecule has 1 saturated carbocycles. The Labute approximate surface area is 125 Å². The van der Waals surface area contributed by atoms with Crippen LogP contribution in [-0.4, -0.2) is 31.4 Å². The van der Waals surface area contributed by atoms with Gasteiger partial charge in [0.1, 0.15) is 0 Å². The van der Waals surface area contributed by atoms with Crippen molar-refractivity contribution >= 4 is 17.5 Å². The van der Waals surface area contributed by atoms with Gasteiger partial charge in [-0.1, -0.05) is 11.6 Å². The highest BCUT2D eigenvalue weighted by molar-refractivity contribution is 5.99. The van der Waals surface area contributed by atoms with Crippen LogP contribution in [0.3, 0.4) is 0 Å². The molecule has 114 valence electrons. The number of carbonyl (C=O) groups excluding carboxylic acids is 2. The van der Waals surface area contributed by atoms with Crippen LogP contribution in [-0.2, 0) is 4.79 Å². The van der Waals surface area contributed by atoms with Crippen molar-refractivity contribution in [3.8, 4) is 0 Å². The topological polar surface area (TPSA) is 70.2 Å². The molecule has 21 heavy (non-hydrogen) atoms. The summed E-state index contributed by atoms with van der Waals surface area (Å²) in [7, 11) is 0. The van der Waals surface area contributed by atoms with Crippen molar-refractivity contribution in [3.63, 3.8) is 0 Å². The number of aryl methyl sites for hydroxylation is 1. The molecule has 0 aromatic heterocycles. The molecule has 0 heterocycles. The van der Waals surface area contributed by atoms with Crippen molar-refractivity contribution in [1.29, 1.82) is 0 Å². The predicted molar refractivity (Wildman–Crippen MR) is 83.4 cm³/mol. The second-order valence-electron chi connectivity index (χ2n) is 5.40. The lowest BCUT2D eigenvalue weighted by molar-refractivity contribution is -0.122. The fourth-order valence-electron chi connectivity index (χ4n) is 2.14. The monoisotopic (exact) mass is 289 g/mol. The third kappa shape index (κ3) is 4.48. The number of amides is 2. The Hall–Kier alpha value is -2.04. The molecule has 0 radical (unpaired) electrons. The molecular weight excluding hydrogens is 266 g/mol. The van der Waals surface area contributed by atoms with Gasteiger partial charge in [-0.25, -0.2) is 0 Å². The zero-order chi connectivity index (χ0) is 15.2. The van der Waals surface area contributed by atoms with Gasteiger partial charge in [0.05, 0.1) is 5.56 Å². The van der Waals surface area contributed by atoms with E-state index in [-0.39, 0.29) is 17.7 Å². The number of hydrogen-bond donors (Lipinski definition) is 3. The van der Waals surface area contributed by atoms with Gasteiger partial charge in [-0.2, -0.15) is 0 Å². The maximum absolute atomic E-state index is 12.2. The number of nitrogens with one attached hydrogen (secondary N) is 3. The lowest BCUT2D eigenvalue weighted by Gasteiger charge is -2.12. The average molecular weight is 289 g/mol. The van der Waals surface area contributed by atoms with Crippen molar-refractivity contribution in [2.24, 2.45) is 5.92 Å². The molecule has 1 aliphatic rings. The predicted octanol–water partition coefficient (Wildman–Crippen LogP) is 1.68. The first kappa shape index (κ1) is 15.4. The van der Waals surface area contributed by atoms with E-state index >= 15 is 0 Å². The molecule has 2 amide bonds. The van der Waals surface area contributed by atoms with Crippen LogP contribution >= 0.6 is 0 Å². The van der Waals surface area contributed by atoms with Crippen molar-refractivity contribution in [3.05, 3.63) is 29.3 Å². The summed E-state index contributed by atoms with van der Waals surface area (Å²) in [5.41, 5.74) is 2.52. The summed E-state index contributed by atoms with van der Waals surface area (Å²) in [5.74, 6) is 0.196. The molecule has 0 saturated heterocycles. The Morgan fingerprint density at radius 1 is 1.19 bits per heavy atom. The summed E-state index contributed by atoms with van der Waals surface area (Å²) in [6.07, 6.45) is 1.99. The summed E-state index contributed by atoms with van der Waals surface area (Å²) in [5, 5.41) is 8.86. The van der Waals surface area contributed by atoms with Crippen LogP contribution < -0.4 is 16.0 Å². The van der Waals surface area contributed by atoms with Gasteiger partial charge in [0, 0.05) is 31.2 Å². The Balaban J connectivity index is 1.84. The van der Waals surface area contributed by atoms with E-state index in [4.69, 9.17) is 0 Å². The number of rotatable bonds is 7. The van der Waals surface area contributed by atoms with Crippen LogP contribution in [0.4, 0.5) is 5.69 Å². The van der Waals surface area contributed by atoms with E-state index in [1.165, 1.54) is 0 Å². The number of anilines is 1. The van der Waals surface area contributed by atoms with Crippen molar-refractivity contribution < 1.29 is 9.59 Å². The fraction of sp³-hybridized carbons (Fsp3) is 0.500. The van der Waals surface area contributed by atoms with E-state index in [0.717, 1.165) is 30.6 Å². The molecule has 2 rings (SSSR count). The molecule has 1 fully saturated rings. The number of hydrogen-bond acceptors (Lipinski definition) is 3. The molecule has 1 aromatic carbocycles. The minimum atomic E-state index is -0.115. The fourth-order valence-corrected chi connectivity index (χ4v) is 2.14. The lowest BCUT2D eigenvalue weighted by atomic mass is 10.1. The van der Waals surface area contributed by atoms with E-state index in [9.17, 15) is 9.59 Å². The van der Waals surface area contributed by atoms with E-state index in [2.05, 4.69) is 16.0 Å². The van der Waals surface area contributed by atoms with Gasteiger partial charge in [-0.05, 0) is 38.8 Å². The Morgan fingerprint density at radius 3 is 2.57 bits per heavy atom. The summed E-state index contributed by atoms with van der Waals surface area (Å²) >= 11 is 0. The first-order valence-electron chi connectivity index (χ1n) is 7.52. The van der Waals surface area contributed by atoms with Crippen LogP contribution in [0.2, 0.25) is 0 Å². The molecule has 0 aliphatic heterocycles. The standard InChI is InChI=1S/C16H23N3O2/c1-3-17-14-7-4-11(2)10-13(14)16(21)19-9-8-18-15(20)12-5-6-12/h4,7,10,12,17H,3,5-6,8-9H2,1-2H3,(H,18,20)(H,19,21). The maximum Gasteiger partial charge on any atom is 0.253 e. The van der Waals surface area contributed by atoms with Crippen molar-refractivity contribution in [2.75, 3.05) is 25.0 Å². The maximum atomic E-state index is 12.2. The molecule has 5 heteroatoms. The van der Waals surface area contributed by atoms with Gasteiger partial charge in [0.25, 0.3) is 5.91 Å². The zero-order valence-corrected chi connectivity index (χ0v) is 12.7. The van der Waals surface area contributed by atoms with Crippen LogP contribution in [0.25, 0.3) is 0 Å². The van der Waals surface area contributed by atoms with Crippen LogP contribution in [0.15, 0.2) is 18.2 Å². The quantitative estimate of drug-likeness (QED) is 0.669. The summed E-state index contributed by atoms with van der Waals surface area (Å²) < 4.78 is 0. The summed E-state index contributed by atoms with van der Waals surface area (Å²) in [6, 6.07) is 5.77. The lowest BCUT2D eigenvalue weighted by Crippen LogP contribution is -2.35. The van der Waals surface area contributed by atoms with Crippen molar-refractivity contribution in [2.45, 2.75) is 26.7 Å². The van der Waals surface area contributed by atoms with Gasteiger partial charge in [-0.15, -0.1) is 0 Å². The summed E-state index contributed by atoms with van der Waals surface area (Å²) in [4.78, 5) is 23.7. The first-order chi connectivity index (χ1) is 10.1. The minimum Gasteiger partial charge on any atom is -0.385 e. The molecule has 0 unspecified atom stereocenters. The molecule has 1 aliphatic carbocycles. The highest BCUT2D eigenvalue weighted by Gasteiger charge is 2.29. The van der Waals surface area contributed by atoms with Crippen LogP contribution in [0.1, 0.15) is 35.7 Å². The third-order valence-corrected chi connectivity index (χ3v) is 3.44. The molecule has 0 atom stereocenters. The second-order valence-corrected chi connectivity index (χ2v) is 5.40. The van der Waals surface area contributed by atoms with Gasteiger partial charge >= 0.3 is 0 Å². The minimum absolute atomic E-state index is 0.105. The largest absolute Gasteiger partial charge is 0.385 e. The Bertz CT molecular complexity index is 524. The SMILES string of the molecule is CCNc1ccc(C)cc1C(=O)NCCNC(=O)C1CC1. The normalized spacial score (nSPS) is 13.6.